The van der Waals surface area contributed by atoms with Crippen molar-refractivity contribution in [3.05, 3.63) is 29.8 Å². The summed E-state index contributed by atoms with van der Waals surface area (Å²) in [5.74, 6) is 1.01. The maximum atomic E-state index is 5.98. The van der Waals surface area contributed by atoms with Crippen LogP contribution in [-0.4, -0.2) is 12.1 Å². The zero-order valence-electron chi connectivity index (χ0n) is 7.86. The first kappa shape index (κ1) is 8.57. The Morgan fingerprint density at radius 3 is 3.00 bits per heavy atom. The second kappa shape index (κ2) is 3.38. The normalized spacial score (nSPS) is 26.3. The molecule has 2 rings (SSSR count). The van der Waals surface area contributed by atoms with Crippen molar-refractivity contribution >= 4 is 0 Å². The second-order valence-corrected chi connectivity index (χ2v) is 3.54. The number of nitrogens with two attached hydrogens (primary N) is 1. The fraction of sp³-hybridized carbons (Fsp3) is 0.455. The van der Waals surface area contributed by atoms with Crippen LogP contribution in [0.3, 0.4) is 0 Å². The second-order valence-electron chi connectivity index (χ2n) is 3.54. The van der Waals surface area contributed by atoms with Crippen molar-refractivity contribution in [2.45, 2.75) is 31.9 Å². The van der Waals surface area contributed by atoms with Gasteiger partial charge in [0.1, 0.15) is 11.9 Å². The number of fused-ring (bicyclic) bond motifs is 1. The van der Waals surface area contributed by atoms with Crippen LogP contribution in [0.2, 0.25) is 0 Å². The van der Waals surface area contributed by atoms with Gasteiger partial charge in [-0.15, -0.1) is 0 Å². The molecule has 1 aromatic rings. The van der Waals surface area contributed by atoms with Gasteiger partial charge in [-0.1, -0.05) is 25.1 Å². The summed E-state index contributed by atoms with van der Waals surface area (Å²) in [5, 5.41) is 0. The van der Waals surface area contributed by atoms with Gasteiger partial charge in [-0.05, 0) is 24.5 Å². The van der Waals surface area contributed by atoms with E-state index in [0.29, 0.717) is 0 Å². The summed E-state index contributed by atoms with van der Waals surface area (Å²) < 4.78 is 5.77. The minimum atomic E-state index is 0.153. The maximum Gasteiger partial charge on any atom is 0.123 e. The van der Waals surface area contributed by atoms with E-state index in [1.807, 2.05) is 18.2 Å². The third-order valence-electron chi connectivity index (χ3n) is 2.59. The van der Waals surface area contributed by atoms with E-state index in [4.69, 9.17) is 10.5 Å². The highest BCUT2D eigenvalue weighted by Crippen LogP contribution is 2.27. The summed E-state index contributed by atoms with van der Waals surface area (Å²) >= 11 is 0. The summed E-state index contributed by atoms with van der Waals surface area (Å²) in [7, 11) is 0. The molecule has 1 aliphatic heterocycles. The van der Waals surface area contributed by atoms with Crippen molar-refractivity contribution in [2.75, 3.05) is 0 Å². The Morgan fingerprint density at radius 2 is 2.23 bits per heavy atom. The average Bonchev–Trinajstić information content (AvgIpc) is 2.17. The van der Waals surface area contributed by atoms with Crippen LogP contribution in [0.4, 0.5) is 0 Å². The molecule has 0 aromatic heterocycles. The Labute approximate surface area is 78.7 Å². The lowest BCUT2D eigenvalue weighted by molar-refractivity contribution is 0.147. The van der Waals surface area contributed by atoms with Gasteiger partial charge in [0.25, 0.3) is 0 Å². The number of hydrogen-bond donors (Lipinski definition) is 1. The van der Waals surface area contributed by atoms with Gasteiger partial charge >= 0.3 is 0 Å². The molecular formula is C11H15NO. The fourth-order valence-electron chi connectivity index (χ4n) is 1.81. The molecule has 2 unspecified atom stereocenters. The van der Waals surface area contributed by atoms with Gasteiger partial charge in [0.05, 0.1) is 0 Å². The van der Waals surface area contributed by atoms with Crippen LogP contribution in [0, 0.1) is 0 Å². The van der Waals surface area contributed by atoms with Gasteiger partial charge in [0.15, 0.2) is 0 Å². The highest BCUT2D eigenvalue weighted by atomic mass is 16.5. The van der Waals surface area contributed by atoms with E-state index in [2.05, 4.69) is 13.0 Å². The summed E-state index contributed by atoms with van der Waals surface area (Å²) in [6.45, 7) is 2.11. The Bertz CT molecular complexity index is 298. The minimum absolute atomic E-state index is 0.153. The van der Waals surface area contributed by atoms with Crippen molar-refractivity contribution in [1.29, 1.82) is 0 Å². The number of ether oxygens (including phenoxy) is 1. The summed E-state index contributed by atoms with van der Waals surface area (Å²) in [4.78, 5) is 0. The molecule has 1 aromatic carbocycles. The first-order valence-corrected chi connectivity index (χ1v) is 4.81. The summed E-state index contributed by atoms with van der Waals surface area (Å²) in [5.41, 5.74) is 7.22. The third kappa shape index (κ3) is 1.54. The molecule has 0 saturated heterocycles. The molecule has 13 heavy (non-hydrogen) atoms. The third-order valence-corrected chi connectivity index (χ3v) is 2.59. The Hall–Kier alpha value is -1.02. The van der Waals surface area contributed by atoms with E-state index in [0.717, 1.165) is 18.6 Å². The van der Waals surface area contributed by atoms with Crippen molar-refractivity contribution in [1.82, 2.24) is 0 Å². The minimum Gasteiger partial charge on any atom is -0.489 e. The standard InChI is InChI=1S/C11H15NO/c1-2-10-9(12)7-8-5-3-4-6-11(8)13-10/h3-6,9-10H,2,7,12H2,1H3. The lowest BCUT2D eigenvalue weighted by Crippen LogP contribution is -2.43. The monoisotopic (exact) mass is 177 g/mol. The molecule has 0 spiro atoms. The first-order chi connectivity index (χ1) is 6.31. The smallest absolute Gasteiger partial charge is 0.123 e. The molecule has 2 atom stereocenters. The molecule has 70 valence electrons. The predicted molar refractivity (Wildman–Crippen MR) is 52.8 cm³/mol. The van der Waals surface area contributed by atoms with Gasteiger partial charge in [-0.25, -0.2) is 0 Å². The molecule has 2 nitrogen and oxygen atoms in total. The number of hydrogen-bond acceptors (Lipinski definition) is 2. The van der Waals surface area contributed by atoms with E-state index in [1.54, 1.807) is 0 Å². The highest BCUT2D eigenvalue weighted by molar-refractivity contribution is 5.36. The Morgan fingerprint density at radius 1 is 1.46 bits per heavy atom. The summed E-state index contributed by atoms with van der Waals surface area (Å²) in [6, 6.07) is 8.29. The van der Waals surface area contributed by atoms with Gasteiger partial charge in [0, 0.05) is 6.04 Å². The van der Waals surface area contributed by atoms with Crippen LogP contribution >= 0.6 is 0 Å². The molecule has 0 fully saturated rings. The predicted octanol–water partition coefficient (Wildman–Crippen LogP) is 1.73. The van der Waals surface area contributed by atoms with E-state index < -0.39 is 0 Å². The van der Waals surface area contributed by atoms with Crippen molar-refractivity contribution < 1.29 is 4.74 Å². The van der Waals surface area contributed by atoms with Gasteiger partial charge in [0.2, 0.25) is 0 Å². The lowest BCUT2D eigenvalue weighted by atomic mass is 9.96. The van der Waals surface area contributed by atoms with Gasteiger partial charge < -0.3 is 10.5 Å². The Balaban J connectivity index is 2.27. The van der Waals surface area contributed by atoms with Gasteiger partial charge in [-0.2, -0.15) is 0 Å². The largest absolute Gasteiger partial charge is 0.489 e. The molecule has 0 saturated carbocycles. The molecule has 0 bridgehead atoms. The zero-order valence-corrected chi connectivity index (χ0v) is 7.86. The van der Waals surface area contributed by atoms with Crippen LogP contribution in [0.5, 0.6) is 5.75 Å². The molecule has 0 radical (unpaired) electrons. The first-order valence-electron chi connectivity index (χ1n) is 4.81. The number of benzene rings is 1. The van der Waals surface area contributed by atoms with Crippen LogP contribution < -0.4 is 10.5 Å². The van der Waals surface area contributed by atoms with Crippen LogP contribution in [0.25, 0.3) is 0 Å². The van der Waals surface area contributed by atoms with E-state index in [1.165, 1.54) is 5.56 Å². The van der Waals surface area contributed by atoms with Crippen LogP contribution in [-0.2, 0) is 6.42 Å². The fourth-order valence-corrected chi connectivity index (χ4v) is 1.81. The van der Waals surface area contributed by atoms with E-state index in [9.17, 15) is 0 Å². The molecule has 1 heterocycles. The molecule has 1 aliphatic rings. The molecule has 0 aliphatic carbocycles. The van der Waals surface area contributed by atoms with Crippen molar-refractivity contribution in [3.8, 4) is 5.75 Å². The summed E-state index contributed by atoms with van der Waals surface area (Å²) in [6.07, 6.45) is 2.11. The van der Waals surface area contributed by atoms with E-state index >= 15 is 0 Å². The van der Waals surface area contributed by atoms with Gasteiger partial charge in [-0.3, -0.25) is 0 Å². The number of para-hydroxylation sites is 1. The topological polar surface area (TPSA) is 35.2 Å². The lowest BCUT2D eigenvalue weighted by Gasteiger charge is -2.30. The maximum absolute atomic E-state index is 5.98. The Kier molecular flexibility index (Phi) is 2.23. The molecule has 2 N–H and O–H groups in total. The van der Waals surface area contributed by atoms with Crippen molar-refractivity contribution in [2.24, 2.45) is 5.73 Å². The molecular weight excluding hydrogens is 162 g/mol. The SMILES string of the molecule is CCC1Oc2ccccc2CC1N. The highest BCUT2D eigenvalue weighted by Gasteiger charge is 2.24. The molecule has 0 amide bonds. The van der Waals surface area contributed by atoms with Crippen molar-refractivity contribution in [3.63, 3.8) is 0 Å². The number of rotatable bonds is 1. The zero-order chi connectivity index (χ0) is 9.26. The van der Waals surface area contributed by atoms with E-state index in [-0.39, 0.29) is 12.1 Å². The van der Waals surface area contributed by atoms with Crippen LogP contribution in [0.1, 0.15) is 18.9 Å². The average molecular weight is 177 g/mol. The quantitative estimate of drug-likeness (QED) is 0.709. The molecule has 2 heteroatoms. The van der Waals surface area contributed by atoms with Crippen LogP contribution in [0.15, 0.2) is 24.3 Å².